The zero-order valence-corrected chi connectivity index (χ0v) is 10.2. The molecule has 0 aliphatic carbocycles. The molecule has 2 nitrogen and oxygen atoms in total. The lowest BCUT2D eigenvalue weighted by molar-refractivity contribution is -0.137. The van der Waals surface area contributed by atoms with E-state index in [2.05, 4.69) is 4.98 Å². The number of carbonyl (C=O) groups excluding carboxylic acids is 1. The molecule has 2 rings (SSSR count). The largest absolute Gasteiger partial charge is 0.416 e. The molecule has 0 bridgehead atoms. The van der Waals surface area contributed by atoms with Crippen molar-refractivity contribution in [1.82, 2.24) is 4.98 Å². The highest BCUT2D eigenvalue weighted by atomic mass is 35.5. The van der Waals surface area contributed by atoms with Gasteiger partial charge in [-0.05, 0) is 18.2 Å². The third kappa shape index (κ3) is 2.93. The van der Waals surface area contributed by atoms with Crippen LogP contribution in [-0.2, 0) is 6.18 Å². The van der Waals surface area contributed by atoms with Gasteiger partial charge in [-0.15, -0.1) is 0 Å². The predicted octanol–water partition coefficient (Wildman–Crippen LogP) is 3.98. The monoisotopic (exact) mass is 285 g/mol. The molecule has 1 aromatic carbocycles. The van der Waals surface area contributed by atoms with E-state index >= 15 is 0 Å². The number of pyridine rings is 1. The molecule has 19 heavy (non-hydrogen) atoms. The fraction of sp³-hybridized carbons (Fsp3) is 0.0769. The minimum atomic E-state index is -4.42. The summed E-state index contributed by atoms with van der Waals surface area (Å²) in [6.45, 7) is 0. The summed E-state index contributed by atoms with van der Waals surface area (Å²) in [6.07, 6.45) is -1.72. The topological polar surface area (TPSA) is 30.0 Å². The van der Waals surface area contributed by atoms with E-state index in [4.69, 9.17) is 11.6 Å². The number of nitrogens with zero attached hydrogens (tertiary/aromatic N) is 1. The Morgan fingerprint density at radius 1 is 1.11 bits per heavy atom. The smallest absolute Gasteiger partial charge is 0.288 e. The molecule has 6 heteroatoms. The molecule has 0 spiro atoms. The van der Waals surface area contributed by atoms with Crippen molar-refractivity contribution in [2.24, 2.45) is 0 Å². The van der Waals surface area contributed by atoms with Crippen molar-refractivity contribution in [3.05, 3.63) is 64.4 Å². The van der Waals surface area contributed by atoms with E-state index in [1.165, 1.54) is 18.5 Å². The van der Waals surface area contributed by atoms with Crippen LogP contribution in [0.2, 0.25) is 5.02 Å². The van der Waals surface area contributed by atoms with Gasteiger partial charge in [-0.25, -0.2) is 0 Å². The van der Waals surface area contributed by atoms with Gasteiger partial charge in [-0.1, -0.05) is 23.7 Å². The Kier molecular flexibility index (Phi) is 3.57. The predicted molar refractivity (Wildman–Crippen MR) is 64.1 cm³/mol. The quantitative estimate of drug-likeness (QED) is 0.781. The zero-order chi connectivity index (χ0) is 14.0. The van der Waals surface area contributed by atoms with Gasteiger partial charge in [0, 0.05) is 18.0 Å². The summed E-state index contributed by atoms with van der Waals surface area (Å²) in [5, 5.41) is 0.208. The molecule has 0 saturated carbocycles. The summed E-state index contributed by atoms with van der Waals surface area (Å²) >= 11 is 5.83. The SMILES string of the molecule is O=C(c1ccc(C(F)(F)F)cc1)c1cnccc1Cl. The number of aromatic nitrogens is 1. The second kappa shape index (κ2) is 5.01. The van der Waals surface area contributed by atoms with Crippen LogP contribution >= 0.6 is 11.6 Å². The lowest BCUT2D eigenvalue weighted by Gasteiger charge is -2.07. The molecule has 2 aromatic rings. The van der Waals surface area contributed by atoms with Crippen molar-refractivity contribution in [2.75, 3.05) is 0 Å². The van der Waals surface area contributed by atoms with Crippen LogP contribution in [0.3, 0.4) is 0 Å². The second-order valence-electron chi connectivity index (χ2n) is 3.76. The molecule has 1 aromatic heterocycles. The highest BCUT2D eigenvalue weighted by Gasteiger charge is 2.30. The molecule has 0 saturated heterocycles. The first-order chi connectivity index (χ1) is 8.89. The van der Waals surface area contributed by atoms with E-state index < -0.39 is 17.5 Å². The summed E-state index contributed by atoms with van der Waals surface area (Å²) in [7, 11) is 0. The molecule has 1 heterocycles. The van der Waals surface area contributed by atoms with E-state index in [9.17, 15) is 18.0 Å². The third-order valence-electron chi connectivity index (χ3n) is 2.49. The fourth-order valence-corrected chi connectivity index (χ4v) is 1.70. The van der Waals surface area contributed by atoms with Crippen molar-refractivity contribution in [1.29, 1.82) is 0 Å². The number of ketones is 1. The molecular formula is C13H7ClF3NO. The lowest BCUT2D eigenvalue weighted by Crippen LogP contribution is -2.07. The molecule has 0 unspecified atom stereocenters. The lowest BCUT2D eigenvalue weighted by atomic mass is 10.0. The van der Waals surface area contributed by atoms with Crippen LogP contribution in [0.1, 0.15) is 21.5 Å². The molecule has 0 atom stereocenters. The molecule has 0 N–H and O–H groups in total. The number of hydrogen-bond donors (Lipinski definition) is 0. The van der Waals surface area contributed by atoms with Gasteiger partial charge in [-0.3, -0.25) is 9.78 Å². The van der Waals surface area contributed by atoms with Crippen LogP contribution in [0.25, 0.3) is 0 Å². The molecule has 0 fully saturated rings. The summed E-state index contributed by atoms with van der Waals surface area (Å²) in [6, 6.07) is 5.40. The van der Waals surface area contributed by atoms with Crippen LogP contribution in [0.5, 0.6) is 0 Å². The minimum absolute atomic E-state index is 0.128. The molecule has 98 valence electrons. The standard InChI is InChI=1S/C13H7ClF3NO/c14-11-5-6-18-7-10(11)12(19)8-1-3-9(4-2-8)13(15,16)17/h1-7H. The Balaban J connectivity index is 2.34. The van der Waals surface area contributed by atoms with E-state index in [-0.39, 0.29) is 16.1 Å². The first-order valence-electron chi connectivity index (χ1n) is 5.21. The Morgan fingerprint density at radius 3 is 2.26 bits per heavy atom. The number of rotatable bonds is 2. The number of carbonyl (C=O) groups is 1. The van der Waals surface area contributed by atoms with Crippen molar-refractivity contribution in [2.45, 2.75) is 6.18 Å². The molecule has 0 radical (unpaired) electrons. The van der Waals surface area contributed by atoms with E-state index in [1.807, 2.05) is 0 Å². The van der Waals surface area contributed by atoms with Gasteiger partial charge in [0.25, 0.3) is 0 Å². The Morgan fingerprint density at radius 2 is 1.74 bits per heavy atom. The minimum Gasteiger partial charge on any atom is -0.288 e. The Labute approximate surface area is 111 Å². The van der Waals surface area contributed by atoms with E-state index in [0.29, 0.717) is 0 Å². The molecule has 0 aliphatic heterocycles. The Bertz CT molecular complexity index is 608. The average molecular weight is 286 g/mol. The van der Waals surface area contributed by atoms with Gasteiger partial charge in [0.1, 0.15) is 0 Å². The fourth-order valence-electron chi connectivity index (χ4n) is 1.51. The van der Waals surface area contributed by atoms with Crippen LogP contribution in [-0.4, -0.2) is 10.8 Å². The first kappa shape index (κ1) is 13.5. The van der Waals surface area contributed by atoms with Gasteiger partial charge in [0.15, 0.2) is 5.78 Å². The maximum atomic E-state index is 12.4. The van der Waals surface area contributed by atoms with Crippen molar-refractivity contribution in [3.8, 4) is 0 Å². The summed E-state index contributed by atoms with van der Waals surface area (Å²) < 4.78 is 37.2. The number of benzene rings is 1. The van der Waals surface area contributed by atoms with Gasteiger partial charge in [0.05, 0.1) is 16.1 Å². The zero-order valence-electron chi connectivity index (χ0n) is 9.41. The van der Waals surface area contributed by atoms with Crippen molar-refractivity contribution in [3.63, 3.8) is 0 Å². The Hall–Kier alpha value is -1.88. The highest BCUT2D eigenvalue weighted by molar-refractivity contribution is 6.34. The maximum Gasteiger partial charge on any atom is 0.416 e. The highest BCUT2D eigenvalue weighted by Crippen LogP contribution is 2.29. The van der Waals surface area contributed by atoms with Gasteiger partial charge < -0.3 is 0 Å². The van der Waals surface area contributed by atoms with E-state index in [0.717, 1.165) is 24.3 Å². The third-order valence-corrected chi connectivity index (χ3v) is 2.82. The van der Waals surface area contributed by atoms with Gasteiger partial charge >= 0.3 is 6.18 Å². The number of hydrogen-bond acceptors (Lipinski definition) is 2. The van der Waals surface area contributed by atoms with Gasteiger partial charge in [0.2, 0.25) is 0 Å². The van der Waals surface area contributed by atoms with Crippen LogP contribution in [0.4, 0.5) is 13.2 Å². The number of alkyl halides is 3. The van der Waals surface area contributed by atoms with Crippen LogP contribution < -0.4 is 0 Å². The normalized spacial score (nSPS) is 11.4. The molecule has 0 amide bonds. The van der Waals surface area contributed by atoms with Crippen LogP contribution in [0, 0.1) is 0 Å². The van der Waals surface area contributed by atoms with Crippen molar-refractivity contribution >= 4 is 17.4 Å². The summed E-state index contributed by atoms with van der Waals surface area (Å²) in [5.74, 6) is -0.466. The van der Waals surface area contributed by atoms with Crippen molar-refractivity contribution < 1.29 is 18.0 Å². The maximum absolute atomic E-state index is 12.4. The molecule has 0 aliphatic rings. The van der Waals surface area contributed by atoms with Gasteiger partial charge in [-0.2, -0.15) is 13.2 Å². The second-order valence-corrected chi connectivity index (χ2v) is 4.17. The number of halogens is 4. The summed E-state index contributed by atoms with van der Waals surface area (Å²) in [5.41, 5.74) is -0.520. The van der Waals surface area contributed by atoms with E-state index in [1.54, 1.807) is 0 Å². The summed E-state index contributed by atoms with van der Waals surface area (Å²) in [4.78, 5) is 15.8. The first-order valence-corrected chi connectivity index (χ1v) is 5.59. The van der Waals surface area contributed by atoms with Crippen LogP contribution in [0.15, 0.2) is 42.7 Å². The molecular weight excluding hydrogens is 279 g/mol. The average Bonchev–Trinajstić information content (AvgIpc) is 2.38.